The molecule has 0 fully saturated rings. The second kappa shape index (κ2) is 8.45. The molecule has 1 N–H and O–H groups in total. The second-order valence-electron chi connectivity index (χ2n) is 4.86. The smallest absolute Gasteiger partial charge is 0.327 e. The first-order valence-corrected chi connectivity index (χ1v) is 6.50. The fourth-order valence-corrected chi connectivity index (χ4v) is 1.67. The van der Waals surface area contributed by atoms with Gasteiger partial charge in [0.2, 0.25) is 0 Å². The number of ether oxygens (including phenoxy) is 2. The van der Waals surface area contributed by atoms with Crippen LogP contribution in [0.25, 0.3) is 0 Å². The topological polar surface area (TPSA) is 50.8 Å². The van der Waals surface area contributed by atoms with E-state index in [0.29, 0.717) is 25.8 Å². The lowest BCUT2D eigenvalue weighted by atomic mass is 10.0. The lowest BCUT2D eigenvalue weighted by molar-refractivity contribution is -0.151. The van der Waals surface area contributed by atoms with E-state index >= 15 is 0 Å². The van der Waals surface area contributed by atoms with E-state index in [0.717, 1.165) is 6.54 Å². The van der Waals surface area contributed by atoms with Gasteiger partial charge in [-0.25, -0.2) is 0 Å². The lowest BCUT2D eigenvalue weighted by Gasteiger charge is -2.35. The van der Waals surface area contributed by atoms with Crippen molar-refractivity contribution < 1.29 is 14.3 Å². The van der Waals surface area contributed by atoms with E-state index in [9.17, 15) is 4.79 Å². The zero-order chi connectivity index (χ0) is 14.2. The molecule has 0 aromatic carbocycles. The number of rotatable bonds is 9. The molecule has 1 atom stereocenters. The van der Waals surface area contributed by atoms with Crippen LogP contribution < -0.4 is 5.32 Å². The summed E-state index contributed by atoms with van der Waals surface area (Å²) < 4.78 is 10.2. The number of carbonyl (C=O) groups is 1. The minimum absolute atomic E-state index is 0.212. The summed E-state index contributed by atoms with van der Waals surface area (Å²) >= 11 is 0. The van der Waals surface area contributed by atoms with Gasteiger partial charge >= 0.3 is 5.97 Å². The lowest BCUT2D eigenvalue weighted by Crippen LogP contribution is -2.57. The molecular weight excluding hydrogens is 232 g/mol. The van der Waals surface area contributed by atoms with Gasteiger partial charge in [-0.1, -0.05) is 0 Å². The number of hydrogen-bond acceptors (Lipinski definition) is 5. The van der Waals surface area contributed by atoms with Gasteiger partial charge in [-0.2, -0.15) is 0 Å². The van der Waals surface area contributed by atoms with E-state index in [2.05, 4.69) is 24.1 Å². The van der Waals surface area contributed by atoms with Gasteiger partial charge in [-0.15, -0.1) is 0 Å². The minimum Gasteiger partial charge on any atom is -0.465 e. The van der Waals surface area contributed by atoms with Crippen molar-refractivity contribution in [1.82, 2.24) is 10.2 Å². The van der Waals surface area contributed by atoms with Gasteiger partial charge in [0.25, 0.3) is 0 Å². The summed E-state index contributed by atoms with van der Waals surface area (Å²) in [6.45, 7) is 10.4. The monoisotopic (exact) mass is 260 g/mol. The number of hydrogen-bond donors (Lipinski definition) is 1. The number of likely N-dealkylation sites (N-methyl/N-ethyl adjacent to an activating group) is 1. The fraction of sp³-hybridized carbons (Fsp3) is 0.923. The molecular formula is C13H28N2O3. The number of methoxy groups -OCH3 is 1. The van der Waals surface area contributed by atoms with E-state index < -0.39 is 5.54 Å². The van der Waals surface area contributed by atoms with Gasteiger partial charge in [0.1, 0.15) is 5.54 Å². The number of nitrogens with zero attached hydrogens (tertiary/aromatic N) is 1. The van der Waals surface area contributed by atoms with Crippen LogP contribution in [0.4, 0.5) is 0 Å². The Balaban J connectivity index is 4.67. The van der Waals surface area contributed by atoms with Crippen LogP contribution in [0, 0.1) is 0 Å². The fourth-order valence-electron chi connectivity index (χ4n) is 1.67. The third kappa shape index (κ3) is 5.33. The van der Waals surface area contributed by atoms with Gasteiger partial charge < -0.3 is 14.8 Å². The molecule has 0 saturated carbocycles. The van der Waals surface area contributed by atoms with E-state index in [1.807, 2.05) is 13.8 Å². The summed E-state index contributed by atoms with van der Waals surface area (Å²) in [4.78, 5) is 14.2. The molecule has 0 amide bonds. The zero-order valence-corrected chi connectivity index (χ0v) is 12.6. The van der Waals surface area contributed by atoms with Crippen molar-refractivity contribution in [2.75, 3.05) is 40.5 Å². The molecule has 0 spiro atoms. The summed E-state index contributed by atoms with van der Waals surface area (Å²) in [5.74, 6) is -0.212. The van der Waals surface area contributed by atoms with E-state index in [1.54, 1.807) is 14.2 Å². The van der Waals surface area contributed by atoms with Crippen molar-refractivity contribution in [1.29, 1.82) is 0 Å². The summed E-state index contributed by atoms with van der Waals surface area (Å²) in [6.07, 6.45) is 0. The van der Waals surface area contributed by atoms with E-state index in [-0.39, 0.29) is 5.97 Å². The van der Waals surface area contributed by atoms with Crippen molar-refractivity contribution in [3.05, 3.63) is 0 Å². The molecule has 0 aliphatic heterocycles. The van der Waals surface area contributed by atoms with Crippen molar-refractivity contribution in [2.24, 2.45) is 0 Å². The molecule has 0 aliphatic carbocycles. The SMILES string of the molecule is CCOC(=O)C(C)(CN(CCOC)C(C)C)NC. The predicted octanol–water partition coefficient (Wildman–Crippen LogP) is 0.884. The highest BCUT2D eigenvalue weighted by Crippen LogP contribution is 2.11. The van der Waals surface area contributed by atoms with Crippen molar-refractivity contribution >= 4 is 5.97 Å². The van der Waals surface area contributed by atoms with Gasteiger partial charge in [-0.05, 0) is 34.7 Å². The largest absolute Gasteiger partial charge is 0.465 e. The van der Waals surface area contributed by atoms with Crippen molar-refractivity contribution in [3.63, 3.8) is 0 Å². The summed E-state index contributed by atoms with van der Waals surface area (Å²) in [5.41, 5.74) is -0.686. The normalized spacial score (nSPS) is 14.9. The van der Waals surface area contributed by atoms with Crippen LogP contribution in [0.1, 0.15) is 27.7 Å². The number of nitrogens with one attached hydrogen (secondary N) is 1. The maximum atomic E-state index is 12.0. The molecule has 108 valence electrons. The third-order valence-corrected chi connectivity index (χ3v) is 3.11. The number of carbonyl (C=O) groups excluding carboxylic acids is 1. The Hall–Kier alpha value is -0.650. The number of esters is 1. The zero-order valence-electron chi connectivity index (χ0n) is 12.6. The van der Waals surface area contributed by atoms with Crippen LogP contribution in [0.3, 0.4) is 0 Å². The first-order valence-electron chi connectivity index (χ1n) is 6.50. The molecule has 0 aliphatic rings. The van der Waals surface area contributed by atoms with Crippen molar-refractivity contribution in [3.8, 4) is 0 Å². The van der Waals surface area contributed by atoms with E-state index in [4.69, 9.17) is 9.47 Å². The molecule has 0 radical (unpaired) electrons. The second-order valence-corrected chi connectivity index (χ2v) is 4.86. The first kappa shape index (κ1) is 17.4. The summed E-state index contributed by atoms with van der Waals surface area (Å²) in [6, 6.07) is 0.349. The van der Waals surface area contributed by atoms with Crippen LogP contribution in [-0.4, -0.2) is 62.9 Å². The average molecular weight is 260 g/mol. The summed E-state index contributed by atoms with van der Waals surface area (Å²) in [7, 11) is 3.47. The highest BCUT2D eigenvalue weighted by Gasteiger charge is 2.35. The third-order valence-electron chi connectivity index (χ3n) is 3.11. The molecule has 0 aromatic heterocycles. The molecule has 0 heterocycles. The van der Waals surface area contributed by atoms with Crippen LogP contribution in [0.5, 0.6) is 0 Å². The van der Waals surface area contributed by atoms with Gasteiger partial charge in [0.05, 0.1) is 13.2 Å². The van der Waals surface area contributed by atoms with E-state index in [1.165, 1.54) is 0 Å². The Morgan fingerprint density at radius 3 is 2.44 bits per heavy atom. The predicted molar refractivity (Wildman–Crippen MR) is 72.7 cm³/mol. The highest BCUT2D eigenvalue weighted by molar-refractivity contribution is 5.80. The Bertz CT molecular complexity index is 246. The van der Waals surface area contributed by atoms with Crippen molar-refractivity contribution in [2.45, 2.75) is 39.3 Å². The quantitative estimate of drug-likeness (QED) is 0.624. The van der Waals surface area contributed by atoms with Crippen LogP contribution in [0.2, 0.25) is 0 Å². The van der Waals surface area contributed by atoms with Gasteiger partial charge in [-0.3, -0.25) is 9.69 Å². The Morgan fingerprint density at radius 1 is 1.44 bits per heavy atom. The first-order chi connectivity index (χ1) is 8.41. The van der Waals surface area contributed by atoms with Gasteiger partial charge in [0, 0.05) is 26.2 Å². The Labute approximate surface area is 111 Å². The molecule has 0 bridgehead atoms. The average Bonchev–Trinajstić information content (AvgIpc) is 2.34. The molecule has 0 rings (SSSR count). The van der Waals surface area contributed by atoms with Crippen LogP contribution in [-0.2, 0) is 14.3 Å². The minimum atomic E-state index is -0.686. The van der Waals surface area contributed by atoms with Gasteiger partial charge in [0.15, 0.2) is 0 Å². The Morgan fingerprint density at radius 2 is 2.06 bits per heavy atom. The maximum absolute atomic E-state index is 12.0. The maximum Gasteiger partial charge on any atom is 0.327 e. The standard InChI is InChI=1S/C13H28N2O3/c1-7-18-12(16)13(4,14-5)10-15(11(2)3)8-9-17-6/h11,14H,7-10H2,1-6H3. The van der Waals surface area contributed by atoms with Crippen LogP contribution >= 0.6 is 0 Å². The highest BCUT2D eigenvalue weighted by atomic mass is 16.5. The van der Waals surface area contributed by atoms with Crippen LogP contribution in [0.15, 0.2) is 0 Å². The molecule has 1 unspecified atom stereocenters. The molecule has 0 aromatic rings. The molecule has 5 nitrogen and oxygen atoms in total. The molecule has 0 saturated heterocycles. The molecule has 18 heavy (non-hydrogen) atoms. The Kier molecular flexibility index (Phi) is 8.15. The summed E-state index contributed by atoms with van der Waals surface area (Å²) in [5, 5.41) is 3.07. The molecule has 5 heteroatoms.